The van der Waals surface area contributed by atoms with E-state index in [0.717, 1.165) is 16.8 Å². The monoisotopic (exact) mass is 384 g/mol. The molecule has 0 spiro atoms. The van der Waals surface area contributed by atoms with E-state index in [0.29, 0.717) is 13.0 Å². The maximum absolute atomic E-state index is 13.5. The van der Waals surface area contributed by atoms with Gasteiger partial charge in [0.2, 0.25) is 15.9 Å². The molecule has 2 aliphatic heterocycles. The Balaban J connectivity index is 1.76. The minimum Gasteiger partial charge on any atom is -0.315 e. The van der Waals surface area contributed by atoms with Crippen LogP contribution in [0.3, 0.4) is 0 Å². The first-order chi connectivity index (χ1) is 12.8. The lowest BCUT2D eigenvalue weighted by atomic mass is 9.88. The molecule has 2 aliphatic rings. The number of benzene rings is 2. The molecule has 0 saturated heterocycles. The van der Waals surface area contributed by atoms with E-state index in [1.54, 1.807) is 34.5 Å². The van der Waals surface area contributed by atoms with Crippen LogP contribution < -0.4 is 4.90 Å². The highest BCUT2D eigenvalue weighted by atomic mass is 32.2. The molecule has 1 unspecified atom stereocenters. The molecule has 0 radical (unpaired) electrons. The molecule has 1 amide bonds. The number of hydrogen-bond donors (Lipinski definition) is 0. The summed E-state index contributed by atoms with van der Waals surface area (Å²) >= 11 is 0. The van der Waals surface area contributed by atoms with Gasteiger partial charge in [-0.2, -0.15) is 4.31 Å². The summed E-state index contributed by atoms with van der Waals surface area (Å²) < 4.78 is 28.6. The summed E-state index contributed by atoms with van der Waals surface area (Å²) in [5.74, 6) is 0.148. The third-order valence-corrected chi connectivity index (χ3v) is 7.53. The summed E-state index contributed by atoms with van der Waals surface area (Å²) in [6.07, 6.45) is 0.969. The van der Waals surface area contributed by atoms with Crippen molar-refractivity contribution in [3.8, 4) is 0 Å². The molecule has 0 N–H and O–H groups in total. The molecule has 6 heteroatoms. The maximum Gasteiger partial charge on any atom is 0.243 e. The quantitative estimate of drug-likeness (QED) is 0.817. The van der Waals surface area contributed by atoms with Gasteiger partial charge in [-0.1, -0.05) is 38.1 Å². The van der Waals surface area contributed by atoms with Gasteiger partial charge in [-0.25, -0.2) is 8.42 Å². The lowest BCUT2D eigenvalue weighted by molar-refractivity contribution is -0.117. The van der Waals surface area contributed by atoms with Gasteiger partial charge in [0, 0.05) is 19.3 Å². The van der Waals surface area contributed by atoms with Crippen LogP contribution in [0.2, 0.25) is 0 Å². The Bertz CT molecular complexity index is 1010. The molecule has 2 aromatic carbocycles. The number of carbonyl (C=O) groups is 1. The van der Waals surface area contributed by atoms with E-state index in [4.69, 9.17) is 0 Å². The molecular formula is C21H24N2O3S. The van der Waals surface area contributed by atoms with Crippen molar-refractivity contribution in [1.29, 1.82) is 0 Å². The molecule has 0 aromatic heterocycles. The third-order valence-electron chi connectivity index (χ3n) is 5.65. The average molecular weight is 385 g/mol. The Morgan fingerprint density at radius 2 is 1.81 bits per heavy atom. The van der Waals surface area contributed by atoms with Crippen LogP contribution in [0, 0.1) is 5.92 Å². The Labute approximate surface area is 160 Å². The standard InChI is InChI=1S/C21H24N2O3S/c1-14(2)21-18-7-5-4-6-15(18)10-11-23(21)27(25,26)17-8-9-19-16(12-17)13-20(24)22(19)3/h4-9,12,14,21H,10-11,13H2,1-3H3. The second-order valence-electron chi connectivity index (χ2n) is 7.67. The summed E-state index contributed by atoms with van der Waals surface area (Å²) in [5.41, 5.74) is 3.90. The van der Waals surface area contributed by atoms with Crippen LogP contribution in [0.15, 0.2) is 47.4 Å². The van der Waals surface area contributed by atoms with Crippen molar-refractivity contribution in [2.45, 2.75) is 37.6 Å². The fourth-order valence-corrected chi connectivity index (χ4v) is 6.07. The van der Waals surface area contributed by atoms with E-state index in [9.17, 15) is 13.2 Å². The van der Waals surface area contributed by atoms with E-state index in [1.165, 1.54) is 5.56 Å². The highest BCUT2D eigenvalue weighted by Crippen LogP contribution is 2.39. The SMILES string of the molecule is CC(C)C1c2ccccc2CCN1S(=O)(=O)c1ccc2c(c1)CC(=O)N2C. The lowest BCUT2D eigenvalue weighted by Gasteiger charge is -2.38. The first kappa shape index (κ1) is 18.2. The van der Waals surface area contributed by atoms with E-state index < -0.39 is 10.0 Å². The number of likely N-dealkylation sites (N-methyl/N-ethyl adjacent to an activating group) is 1. The van der Waals surface area contributed by atoms with Gasteiger partial charge in [-0.3, -0.25) is 4.79 Å². The van der Waals surface area contributed by atoms with Crippen molar-refractivity contribution in [2.75, 3.05) is 18.5 Å². The minimum atomic E-state index is -3.65. The maximum atomic E-state index is 13.5. The van der Waals surface area contributed by atoms with Crippen LogP contribution in [0.4, 0.5) is 5.69 Å². The van der Waals surface area contributed by atoms with Crippen molar-refractivity contribution >= 4 is 21.6 Å². The zero-order valence-corrected chi connectivity index (χ0v) is 16.7. The van der Waals surface area contributed by atoms with Crippen LogP contribution in [0.25, 0.3) is 0 Å². The van der Waals surface area contributed by atoms with Crippen molar-refractivity contribution in [3.05, 3.63) is 59.2 Å². The Hall–Kier alpha value is -2.18. The molecular weight excluding hydrogens is 360 g/mol. The zero-order chi connectivity index (χ0) is 19.3. The molecule has 0 saturated carbocycles. The molecule has 0 aliphatic carbocycles. The fourth-order valence-electron chi connectivity index (χ4n) is 4.28. The zero-order valence-electron chi connectivity index (χ0n) is 15.8. The van der Waals surface area contributed by atoms with Crippen molar-refractivity contribution in [2.24, 2.45) is 5.92 Å². The number of nitrogens with zero attached hydrogens (tertiary/aromatic N) is 2. The largest absolute Gasteiger partial charge is 0.315 e. The number of amides is 1. The normalized spacial score (nSPS) is 20.1. The number of rotatable bonds is 3. The number of hydrogen-bond acceptors (Lipinski definition) is 3. The molecule has 5 nitrogen and oxygen atoms in total. The van der Waals surface area contributed by atoms with Gasteiger partial charge in [0.05, 0.1) is 17.4 Å². The number of carbonyl (C=O) groups excluding carboxylic acids is 1. The molecule has 4 rings (SSSR count). The minimum absolute atomic E-state index is 0.00787. The van der Waals surface area contributed by atoms with Crippen molar-refractivity contribution in [1.82, 2.24) is 4.31 Å². The second kappa shape index (κ2) is 6.46. The summed E-state index contributed by atoms with van der Waals surface area (Å²) in [6, 6.07) is 13.0. The van der Waals surface area contributed by atoms with Crippen LogP contribution in [-0.2, 0) is 27.7 Å². The topological polar surface area (TPSA) is 57.7 Å². The molecule has 142 valence electrons. The van der Waals surface area contributed by atoms with E-state index in [1.807, 2.05) is 18.2 Å². The molecule has 27 heavy (non-hydrogen) atoms. The summed E-state index contributed by atoms with van der Waals surface area (Å²) in [5, 5.41) is 0. The molecule has 1 atom stereocenters. The average Bonchev–Trinajstić information content (AvgIpc) is 2.94. The van der Waals surface area contributed by atoms with Crippen LogP contribution in [0.5, 0.6) is 0 Å². The summed E-state index contributed by atoms with van der Waals surface area (Å²) in [4.78, 5) is 13.8. The second-order valence-corrected chi connectivity index (χ2v) is 9.56. The van der Waals surface area contributed by atoms with Crippen LogP contribution in [-0.4, -0.2) is 32.2 Å². The molecule has 0 bridgehead atoms. The van der Waals surface area contributed by atoms with Crippen molar-refractivity contribution < 1.29 is 13.2 Å². The van der Waals surface area contributed by atoms with Crippen molar-refractivity contribution in [3.63, 3.8) is 0 Å². The van der Waals surface area contributed by atoms with Gasteiger partial charge < -0.3 is 4.90 Å². The third kappa shape index (κ3) is 2.87. The van der Waals surface area contributed by atoms with Gasteiger partial charge >= 0.3 is 0 Å². The molecule has 2 heterocycles. The Morgan fingerprint density at radius 1 is 1.07 bits per heavy atom. The van der Waals surface area contributed by atoms with Crippen LogP contribution >= 0.6 is 0 Å². The van der Waals surface area contributed by atoms with Gasteiger partial charge in [0.1, 0.15) is 0 Å². The predicted molar refractivity (Wildman–Crippen MR) is 105 cm³/mol. The smallest absolute Gasteiger partial charge is 0.243 e. The number of sulfonamides is 1. The number of fused-ring (bicyclic) bond motifs is 2. The molecule has 0 fully saturated rings. The summed E-state index contributed by atoms with van der Waals surface area (Å²) in [6.45, 7) is 4.59. The van der Waals surface area contributed by atoms with Gasteiger partial charge in [-0.05, 0) is 47.2 Å². The lowest BCUT2D eigenvalue weighted by Crippen LogP contribution is -2.42. The highest BCUT2D eigenvalue weighted by Gasteiger charge is 2.38. The Morgan fingerprint density at radius 3 is 2.56 bits per heavy atom. The van der Waals surface area contributed by atoms with E-state index in [2.05, 4.69) is 19.9 Å². The first-order valence-corrected chi connectivity index (χ1v) is 10.7. The summed E-state index contributed by atoms with van der Waals surface area (Å²) in [7, 11) is -1.93. The van der Waals surface area contributed by atoms with Gasteiger partial charge in [-0.15, -0.1) is 0 Å². The van der Waals surface area contributed by atoms with Gasteiger partial charge in [0.15, 0.2) is 0 Å². The van der Waals surface area contributed by atoms with E-state index >= 15 is 0 Å². The van der Waals surface area contributed by atoms with Gasteiger partial charge in [0.25, 0.3) is 0 Å². The Kier molecular flexibility index (Phi) is 4.35. The fraction of sp³-hybridized carbons (Fsp3) is 0.381. The highest BCUT2D eigenvalue weighted by molar-refractivity contribution is 7.89. The first-order valence-electron chi connectivity index (χ1n) is 9.30. The predicted octanol–water partition coefficient (Wildman–Crippen LogP) is 3.15. The number of anilines is 1. The van der Waals surface area contributed by atoms with Crippen LogP contribution in [0.1, 0.15) is 36.6 Å². The van der Waals surface area contributed by atoms with E-state index in [-0.39, 0.29) is 29.2 Å². The molecule has 2 aromatic rings.